The minimum atomic E-state index is -0.204. The average molecular weight is 409 g/mol. The molecule has 2 aromatic rings. The van der Waals surface area contributed by atoms with E-state index in [1.165, 1.54) is 19.3 Å². The zero-order chi connectivity index (χ0) is 21.5. The number of amides is 2. The quantitative estimate of drug-likeness (QED) is 0.577. The molecule has 0 atom stereocenters. The van der Waals surface area contributed by atoms with Crippen LogP contribution in [0.15, 0.2) is 42.5 Å². The van der Waals surface area contributed by atoms with Gasteiger partial charge in [-0.1, -0.05) is 19.3 Å². The minimum absolute atomic E-state index is 0.00478. The van der Waals surface area contributed by atoms with Gasteiger partial charge >= 0.3 is 0 Å². The molecule has 1 aliphatic carbocycles. The van der Waals surface area contributed by atoms with Crippen molar-refractivity contribution in [2.75, 3.05) is 29.5 Å². The predicted octanol–water partition coefficient (Wildman–Crippen LogP) is 4.75. The summed E-state index contributed by atoms with van der Waals surface area (Å²) in [6, 6.07) is 12.7. The van der Waals surface area contributed by atoms with Gasteiger partial charge in [0.1, 0.15) is 0 Å². The zero-order valence-corrected chi connectivity index (χ0v) is 17.9. The van der Waals surface area contributed by atoms with Crippen LogP contribution in [0.1, 0.15) is 66.7 Å². The van der Waals surface area contributed by atoms with E-state index in [-0.39, 0.29) is 11.8 Å². The zero-order valence-electron chi connectivity index (χ0n) is 17.9. The van der Waals surface area contributed by atoms with Crippen molar-refractivity contribution in [3.63, 3.8) is 0 Å². The van der Waals surface area contributed by atoms with E-state index in [0.717, 1.165) is 18.5 Å². The van der Waals surface area contributed by atoms with E-state index in [9.17, 15) is 9.59 Å². The molecule has 2 amide bonds. The van der Waals surface area contributed by atoms with E-state index >= 15 is 0 Å². The van der Waals surface area contributed by atoms with Crippen LogP contribution in [0.4, 0.5) is 17.1 Å². The molecule has 4 N–H and O–H groups in total. The van der Waals surface area contributed by atoms with Gasteiger partial charge in [-0.3, -0.25) is 9.59 Å². The first kappa shape index (κ1) is 21.7. The molecule has 30 heavy (non-hydrogen) atoms. The second-order valence-electron chi connectivity index (χ2n) is 7.79. The van der Waals surface area contributed by atoms with Crippen LogP contribution in [-0.2, 0) is 0 Å². The maximum Gasteiger partial charge on any atom is 0.255 e. The number of nitrogens with two attached hydrogens (primary N) is 1. The molecule has 0 radical (unpaired) electrons. The van der Waals surface area contributed by atoms with Crippen molar-refractivity contribution in [1.82, 2.24) is 4.90 Å². The number of nitrogens with zero attached hydrogens (tertiary/aromatic N) is 1. The van der Waals surface area contributed by atoms with Gasteiger partial charge in [0.05, 0.1) is 11.4 Å². The Hall–Kier alpha value is -3.02. The number of benzene rings is 2. The van der Waals surface area contributed by atoms with Gasteiger partial charge in [0, 0.05) is 35.9 Å². The third-order valence-corrected chi connectivity index (χ3v) is 5.72. The van der Waals surface area contributed by atoms with E-state index < -0.39 is 0 Å². The molecule has 0 aliphatic heterocycles. The number of carbonyl (C=O) groups is 2. The van der Waals surface area contributed by atoms with E-state index in [0.29, 0.717) is 41.6 Å². The van der Waals surface area contributed by atoms with Gasteiger partial charge in [-0.05, 0) is 69.2 Å². The van der Waals surface area contributed by atoms with E-state index in [2.05, 4.69) is 10.6 Å². The Balaban J connectivity index is 1.66. The number of hydrogen-bond acceptors (Lipinski definition) is 4. The lowest BCUT2D eigenvalue weighted by atomic mass is 9.95. The van der Waals surface area contributed by atoms with Gasteiger partial charge in [0.25, 0.3) is 11.8 Å². The fraction of sp³-hybridized carbons (Fsp3) is 0.417. The molecule has 2 aromatic carbocycles. The van der Waals surface area contributed by atoms with Crippen molar-refractivity contribution in [2.24, 2.45) is 0 Å². The summed E-state index contributed by atoms with van der Waals surface area (Å²) in [7, 11) is 0. The van der Waals surface area contributed by atoms with Crippen molar-refractivity contribution in [1.29, 1.82) is 0 Å². The van der Waals surface area contributed by atoms with Gasteiger partial charge in [0.15, 0.2) is 0 Å². The maximum absolute atomic E-state index is 12.7. The molecule has 0 saturated heterocycles. The summed E-state index contributed by atoms with van der Waals surface area (Å²) in [5.74, 6) is -0.209. The van der Waals surface area contributed by atoms with Gasteiger partial charge in [-0.25, -0.2) is 0 Å². The monoisotopic (exact) mass is 408 g/mol. The van der Waals surface area contributed by atoms with Crippen LogP contribution in [0.5, 0.6) is 0 Å². The SMILES string of the molecule is CCN(CC)C(=O)c1ccc(NC(=O)c2ccc(N)c(NC3CCCCC3)c2)cc1. The molecule has 0 spiro atoms. The highest BCUT2D eigenvalue weighted by molar-refractivity contribution is 6.05. The van der Waals surface area contributed by atoms with Crippen LogP contribution in [0, 0.1) is 0 Å². The van der Waals surface area contributed by atoms with Crippen LogP contribution < -0.4 is 16.4 Å². The lowest BCUT2D eigenvalue weighted by molar-refractivity contribution is 0.0773. The Morgan fingerprint density at radius 3 is 2.23 bits per heavy atom. The van der Waals surface area contributed by atoms with E-state index in [4.69, 9.17) is 5.73 Å². The lowest BCUT2D eigenvalue weighted by Crippen LogP contribution is -2.30. The molecule has 0 aromatic heterocycles. The van der Waals surface area contributed by atoms with Crippen molar-refractivity contribution < 1.29 is 9.59 Å². The molecule has 1 fully saturated rings. The largest absolute Gasteiger partial charge is 0.397 e. The smallest absolute Gasteiger partial charge is 0.255 e. The summed E-state index contributed by atoms with van der Waals surface area (Å²) < 4.78 is 0. The molecule has 6 heteroatoms. The first-order valence-corrected chi connectivity index (χ1v) is 10.9. The van der Waals surface area contributed by atoms with Crippen molar-refractivity contribution in [2.45, 2.75) is 52.0 Å². The second-order valence-corrected chi connectivity index (χ2v) is 7.79. The summed E-state index contributed by atoms with van der Waals surface area (Å²) in [6.07, 6.45) is 6.01. The number of nitrogens with one attached hydrogen (secondary N) is 2. The minimum Gasteiger partial charge on any atom is -0.397 e. The van der Waals surface area contributed by atoms with Crippen LogP contribution in [0.2, 0.25) is 0 Å². The molecule has 0 bridgehead atoms. The van der Waals surface area contributed by atoms with Gasteiger partial charge in [0.2, 0.25) is 0 Å². The lowest BCUT2D eigenvalue weighted by Gasteiger charge is -2.24. The molecule has 0 heterocycles. The van der Waals surface area contributed by atoms with Gasteiger partial charge in [-0.15, -0.1) is 0 Å². The first-order chi connectivity index (χ1) is 14.5. The van der Waals surface area contributed by atoms with Crippen LogP contribution in [0.25, 0.3) is 0 Å². The number of carbonyl (C=O) groups excluding carboxylic acids is 2. The standard InChI is InChI=1S/C24H32N4O2/c1-3-28(4-2)24(30)17-10-13-20(14-11-17)27-23(29)18-12-15-21(25)22(16-18)26-19-8-6-5-7-9-19/h10-16,19,26H,3-9,25H2,1-2H3,(H,27,29). The molecule has 6 nitrogen and oxygen atoms in total. The summed E-state index contributed by atoms with van der Waals surface area (Å²) in [5, 5.41) is 6.40. The molecular formula is C24H32N4O2. The molecule has 1 aliphatic rings. The third kappa shape index (κ3) is 5.32. The highest BCUT2D eigenvalue weighted by Gasteiger charge is 2.16. The molecule has 160 valence electrons. The van der Waals surface area contributed by atoms with Crippen molar-refractivity contribution in [3.8, 4) is 0 Å². The topological polar surface area (TPSA) is 87.5 Å². The highest BCUT2D eigenvalue weighted by atomic mass is 16.2. The molecule has 0 unspecified atom stereocenters. The summed E-state index contributed by atoms with van der Waals surface area (Å²) in [5.41, 5.74) is 9.39. The van der Waals surface area contributed by atoms with Crippen LogP contribution in [0.3, 0.4) is 0 Å². The Morgan fingerprint density at radius 1 is 0.967 bits per heavy atom. The summed E-state index contributed by atoms with van der Waals surface area (Å²) in [6.45, 7) is 5.25. The molecular weight excluding hydrogens is 376 g/mol. The number of hydrogen-bond donors (Lipinski definition) is 3. The Labute approximate surface area is 178 Å². The Kier molecular flexibility index (Phi) is 7.33. The van der Waals surface area contributed by atoms with Gasteiger partial charge < -0.3 is 21.3 Å². The van der Waals surface area contributed by atoms with Gasteiger partial charge in [-0.2, -0.15) is 0 Å². The summed E-state index contributed by atoms with van der Waals surface area (Å²) in [4.78, 5) is 26.9. The Morgan fingerprint density at radius 2 is 1.60 bits per heavy atom. The van der Waals surface area contributed by atoms with E-state index in [1.54, 1.807) is 41.3 Å². The predicted molar refractivity (Wildman–Crippen MR) is 123 cm³/mol. The van der Waals surface area contributed by atoms with Crippen LogP contribution in [-0.4, -0.2) is 35.8 Å². The Bertz CT molecular complexity index is 869. The molecule has 3 rings (SSSR count). The number of anilines is 3. The highest BCUT2D eigenvalue weighted by Crippen LogP contribution is 2.26. The fourth-order valence-electron chi connectivity index (χ4n) is 3.88. The van der Waals surface area contributed by atoms with Crippen LogP contribution >= 0.6 is 0 Å². The van der Waals surface area contributed by atoms with E-state index in [1.807, 2.05) is 19.9 Å². The van der Waals surface area contributed by atoms with Crippen molar-refractivity contribution in [3.05, 3.63) is 53.6 Å². The average Bonchev–Trinajstić information content (AvgIpc) is 2.77. The maximum atomic E-state index is 12.7. The normalized spacial score (nSPS) is 14.2. The third-order valence-electron chi connectivity index (χ3n) is 5.72. The number of rotatable bonds is 7. The summed E-state index contributed by atoms with van der Waals surface area (Å²) >= 11 is 0. The fourth-order valence-corrected chi connectivity index (χ4v) is 3.88. The van der Waals surface area contributed by atoms with Crippen molar-refractivity contribution >= 4 is 28.9 Å². The second kappa shape index (κ2) is 10.1. The number of nitrogen functional groups attached to an aromatic ring is 1. The molecule has 1 saturated carbocycles. The first-order valence-electron chi connectivity index (χ1n) is 10.9.